The van der Waals surface area contributed by atoms with Crippen LogP contribution in [0.5, 0.6) is 0 Å². The topological polar surface area (TPSA) is 151 Å². The minimum atomic E-state index is -1.02. The van der Waals surface area contributed by atoms with Gasteiger partial charge in [-0.2, -0.15) is 0 Å². The minimum Gasteiger partial charge on any atom is -0.465 e. The van der Waals surface area contributed by atoms with Crippen LogP contribution in [0.2, 0.25) is 0 Å². The quantitative estimate of drug-likeness (QED) is 0.325. The molecule has 0 saturated carbocycles. The third-order valence-corrected chi connectivity index (χ3v) is 5.62. The lowest BCUT2D eigenvalue weighted by molar-refractivity contribution is 0.0927. The molecule has 37 heavy (non-hydrogen) atoms. The number of aromatic nitrogens is 2. The van der Waals surface area contributed by atoms with E-state index in [4.69, 9.17) is 5.73 Å². The number of carbonyl (C=O) groups excluding carboxylic acids is 2. The summed E-state index contributed by atoms with van der Waals surface area (Å²) < 4.78 is 0. The molecule has 0 unspecified atom stereocenters. The van der Waals surface area contributed by atoms with Crippen molar-refractivity contribution in [3.63, 3.8) is 0 Å². The molecule has 5 N–H and O–H groups in total. The van der Waals surface area contributed by atoms with Crippen molar-refractivity contribution >= 4 is 23.7 Å². The van der Waals surface area contributed by atoms with Gasteiger partial charge in [0.2, 0.25) is 0 Å². The second-order valence-electron chi connectivity index (χ2n) is 9.45. The molecule has 10 heteroatoms. The lowest BCUT2D eigenvalue weighted by atomic mass is 10.1. The Hall–Kier alpha value is -4.47. The summed E-state index contributed by atoms with van der Waals surface area (Å²) >= 11 is 0. The van der Waals surface area contributed by atoms with Crippen molar-refractivity contribution < 1.29 is 19.5 Å². The standard InChI is InChI=1S/C27H32N6O4/c1-27(2,3)33(26(36)37)14-8-13-29-25(35)22-23(28)30-17-21(32-22)19-11-7-12-20(15-19)24(34)31-16-18-9-5-4-6-10-18/h4-7,9-12,15,17H,8,13-14,16H2,1-3H3,(H2,28,30)(H,29,35)(H,31,34)(H,36,37). The van der Waals surface area contributed by atoms with Crippen LogP contribution in [0.15, 0.2) is 60.8 Å². The highest BCUT2D eigenvalue weighted by Gasteiger charge is 2.25. The number of nitrogen functional groups attached to an aromatic ring is 1. The molecular weight excluding hydrogens is 472 g/mol. The highest BCUT2D eigenvalue weighted by atomic mass is 16.4. The van der Waals surface area contributed by atoms with Crippen molar-refractivity contribution in [1.82, 2.24) is 25.5 Å². The van der Waals surface area contributed by atoms with Crippen LogP contribution < -0.4 is 16.4 Å². The number of carboxylic acid groups (broad SMARTS) is 1. The molecular formula is C27H32N6O4. The van der Waals surface area contributed by atoms with Gasteiger partial charge in [-0.25, -0.2) is 14.8 Å². The smallest absolute Gasteiger partial charge is 0.407 e. The van der Waals surface area contributed by atoms with Crippen LogP contribution in [0.1, 0.15) is 53.6 Å². The number of hydrogen-bond acceptors (Lipinski definition) is 6. The van der Waals surface area contributed by atoms with Gasteiger partial charge in [-0.3, -0.25) is 9.59 Å². The van der Waals surface area contributed by atoms with Crippen LogP contribution in [0.25, 0.3) is 11.3 Å². The zero-order chi connectivity index (χ0) is 27.0. The first kappa shape index (κ1) is 27.1. The summed E-state index contributed by atoms with van der Waals surface area (Å²) in [5.41, 5.74) is 7.75. The average Bonchev–Trinajstić information content (AvgIpc) is 2.87. The molecule has 10 nitrogen and oxygen atoms in total. The summed E-state index contributed by atoms with van der Waals surface area (Å²) in [5.74, 6) is -0.779. The molecule has 3 rings (SSSR count). The Morgan fingerprint density at radius 2 is 1.73 bits per heavy atom. The molecule has 0 radical (unpaired) electrons. The second kappa shape index (κ2) is 12.0. The van der Waals surface area contributed by atoms with Crippen molar-refractivity contribution in [2.75, 3.05) is 18.8 Å². The normalized spacial score (nSPS) is 11.0. The fraction of sp³-hybridized carbons (Fsp3) is 0.296. The molecule has 0 aliphatic carbocycles. The van der Waals surface area contributed by atoms with Gasteiger partial charge >= 0.3 is 6.09 Å². The van der Waals surface area contributed by atoms with E-state index in [1.54, 1.807) is 24.3 Å². The summed E-state index contributed by atoms with van der Waals surface area (Å²) in [6.07, 6.45) is 0.849. The van der Waals surface area contributed by atoms with Gasteiger partial charge in [0.05, 0.1) is 11.9 Å². The molecule has 0 aliphatic rings. The van der Waals surface area contributed by atoms with Gasteiger partial charge in [-0.1, -0.05) is 42.5 Å². The summed E-state index contributed by atoms with van der Waals surface area (Å²) in [7, 11) is 0. The Balaban J connectivity index is 1.65. The van der Waals surface area contributed by atoms with Crippen molar-refractivity contribution in [2.24, 2.45) is 0 Å². The van der Waals surface area contributed by atoms with E-state index < -0.39 is 17.5 Å². The monoisotopic (exact) mass is 504 g/mol. The van der Waals surface area contributed by atoms with E-state index in [9.17, 15) is 19.5 Å². The van der Waals surface area contributed by atoms with Crippen LogP contribution in [0.4, 0.5) is 10.6 Å². The van der Waals surface area contributed by atoms with Gasteiger partial charge in [0.1, 0.15) is 0 Å². The second-order valence-corrected chi connectivity index (χ2v) is 9.45. The predicted octanol–water partition coefficient (Wildman–Crippen LogP) is 3.55. The highest BCUT2D eigenvalue weighted by Crippen LogP contribution is 2.20. The fourth-order valence-electron chi connectivity index (χ4n) is 3.65. The predicted molar refractivity (Wildman–Crippen MR) is 141 cm³/mol. The lowest BCUT2D eigenvalue weighted by Crippen LogP contribution is -2.46. The minimum absolute atomic E-state index is 0.0279. The summed E-state index contributed by atoms with van der Waals surface area (Å²) in [5, 5.41) is 15.0. The first-order valence-corrected chi connectivity index (χ1v) is 11.9. The number of carbonyl (C=O) groups is 3. The molecule has 0 aliphatic heterocycles. The largest absolute Gasteiger partial charge is 0.465 e. The van der Waals surface area contributed by atoms with Crippen LogP contribution in [0, 0.1) is 0 Å². The van der Waals surface area contributed by atoms with Gasteiger partial charge < -0.3 is 26.4 Å². The molecule has 2 aromatic carbocycles. The lowest BCUT2D eigenvalue weighted by Gasteiger charge is -2.33. The van der Waals surface area contributed by atoms with Gasteiger partial charge in [0, 0.05) is 36.3 Å². The number of amides is 3. The SMILES string of the molecule is CC(C)(C)N(CCCNC(=O)c1nc(-c2cccc(C(=O)NCc3ccccc3)c2)cnc1N)C(=O)O. The molecule has 0 atom stereocenters. The Morgan fingerprint density at radius 3 is 2.41 bits per heavy atom. The number of nitrogens with one attached hydrogen (secondary N) is 2. The van der Waals surface area contributed by atoms with E-state index in [-0.39, 0.29) is 30.5 Å². The molecule has 3 amide bonds. The molecule has 0 saturated heterocycles. The Bertz CT molecular complexity index is 1260. The van der Waals surface area contributed by atoms with Gasteiger partial charge in [0.25, 0.3) is 11.8 Å². The average molecular weight is 505 g/mol. The maximum Gasteiger partial charge on any atom is 0.407 e. The van der Waals surface area contributed by atoms with Crippen molar-refractivity contribution in [3.8, 4) is 11.3 Å². The third kappa shape index (κ3) is 7.50. The number of nitrogens with zero attached hydrogens (tertiary/aromatic N) is 3. The zero-order valence-electron chi connectivity index (χ0n) is 21.2. The van der Waals surface area contributed by atoms with E-state index >= 15 is 0 Å². The molecule has 194 valence electrons. The number of rotatable bonds is 9. The molecule has 0 fully saturated rings. The number of nitrogens with two attached hydrogens (primary N) is 1. The Kier molecular flexibility index (Phi) is 8.78. The molecule has 1 aromatic heterocycles. The van der Waals surface area contributed by atoms with Crippen LogP contribution in [-0.4, -0.2) is 56.5 Å². The number of hydrogen-bond donors (Lipinski definition) is 4. The molecule has 1 heterocycles. The van der Waals surface area contributed by atoms with E-state index in [0.29, 0.717) is 29.8 Å². The maximum atomic E-state index is 12.7. The Morgan fingerprint density at radius 1 is 1.00 bits per heavy atom. The van der Waals surface area contributed by atoms with Crippen LogP contribution in [0.3, 0.4) is 0 Å². The van der Waals surface area contributed by atoms with E-state index in [0.717, 1.165) is 5.56 Å². The number of benzene rings is 2. The molecule has 0 spiro atoms. The summed E-state index contributed by atoms with van der Waals surface area (Å²) in [6, 6.07) is 16.5. The van der Waals surface area contributed by atoms with E-state index in [2.05, 4.69) is 20.6 Å². The zero-order valence-corrected chi connectivity index (χ0v) is 21.2. The van der Waals surface area contributed by atoms with Crippen molar-refractivity contribution in [1.29, 1.82) is 0 Å². The fourth-order valence-corrected chi connectivity index (χ4v) is 3.65. The van der Waals surface area contributed by atoms with E-state index in [1.165, 1.54) is 11.1 Å². The first-order valence-electron chi connectivity index (χ1n) is 11.9. The van der Waals surface area contributed by atoms with E-state index in [1.807, 2.05) is 51.1 Å². The van der Waals surface area contributed by atoms with Gasteiger partial charge in [-0.05, 0) is 44.9 Å². The van der Waals surface area contributed by atoms with Gasteiger partial charge in [-0.15, -0.1) is 0 Å². The Labute approximate surface area is 215 Å². The molecule has 0 bridgehead atoms. The summed E-state index contributed by atoms with van der Waals surface area (Å²) in [4.78, 5) is 46.7. The first-order chi connectivity index (χ1) is 17.6. The van der Waals surface area contributed by atoms with Crippen LogP contribution in [-0.2, 0) is 6.54 Å². The highest BCUT2D eigenvalue weighted by molar-refractivity contribution is 5.97. The number of anilines is 1. The summed E-state index contributed by atoms with van der Waals surface area (Å²) in [6.45, 7) is 6.33. The van der Waals surface area contributed by atoms with Crippen molar-refractivity contribution in [3.05, 3.63) is 77.6 Å². The molecule has 3 aromatic rings. The third-order valence-electron chi connectivity index (χ3n) is 5.62. The van der Waals surface area contributed by atoms with Gasteiger partial charge in [0.15, 0.2) is 11.5 Å². The van der Waals surface area contributed by atoms with Crippen LogP contribution >= 0.6 is 0 Å². The maximum absolute atomic E-state index is 12.7. The van der Waals surface area contributed by atoms with Crippen molar-refractivity contribution in [2.45, 2.75) is 39.3 Å².